The summed E-state index contributed by atoms with van der Waals surface area (Å²) in [5, 5.41) is 2.80. The van der Waals surface area contributed by atoms with E-state index in [9.17, 15) is 18.0 Å². The quantitative estimate of drug-likeness (QED) is 0.821. The van der Waals surface area contributed by atoms with Crippen LogP contribution >= 0.6 is 0 Å². The minimum Gasteiger partial charge on any atom is -0.408 e. The minimum atomic E-state index is -3.71. The summed E-state index contributed by atoms with van der Waals surface area (Å²) < 4.78 is 31.8. The molecule has 0 spiro atoms. The molecule has 1 aromatic carbocycles. The first kappa shape index (κ1) is 17.5. The molecule has 136 valence electrons. The van der Waals surface area contributed by atoms with Gasteiger partial charge in [-0.1, -0.05) is 0 Å². The molecule has 0 aliphatic carbocycles. The lowest BCUT2D eigenvalue weighted by Gasteiger charge is -2.34. The van der Waals surface area contributed by atoms with Crippen LogP contribution in [0, 0.1) is 0 Å². The molecule has 2 N–H and O–H groups in total. The topological polar surface area (TPSA) is 116 Å². The standard InChI is InChI=1S/C15H20N4O5S/c1-10(2)16-14(20)18-5-7-19(8-6-18)25(22,23)11-3-4-13-12(9-11)17-15(21)24-13/h3-4,9-10H,5-8H2,1-2H3,(H,16,20)(H,17,21). The average Bonchev–Trinajstić information content (AvgIpc) is 2.93. The highest BCUT2D eigenvalue weighted by Gasteiger charge is 2.30. The first-order valence-corrected chi connectivity index (χ1v) is 9.40. The van der Waals surface area contributed by atoms with Crippen molar-refractivity contribution in [1.29, 1.82) is 0 Å². The number of H-pyrrole nitrogens is 1. The first-order chi connectivity index (χ1) is 11.8. The van der Waals surface area contributed by atoms with E-state index in [0.29, 0.717) is 24.2 Å². The fraction of sp³-hybridized carbons (Fsp3) is 0.467. The van der Waals surface area contributed by atoms with Gasteiger partial charge in [0.2, 0.25) is 10.0 Å². The predicted molar refractivity (Wildman–Crippen MR) is 90.8 cm³/mol. The van der Waals surface area contributed by atoms with Crippen LogP contribution in [-0.4, -0.2) is 60.9 Å². The monoisotopic (exact) mass is 368 g/mol. The van der Waals surface area contributed by atoms with Gasteiger partial charge in [0.1, 0.15) is 0 Å². The molecule has 10 heteroatoms. The number of nitrogens with zero attached hydrogens (tertiary/aromatic N) is 2. The van der Waals surface area contributed by atoms with Gasteiger partial charge in [0.25, 0.3) is 0 Å². The fourth-order valence-corrected chi connectivity index (χ4v) is 4.16. The molecule has 1 saturated heterocycles. The summed E-state index contributed by atoms with van der Waals surface area (Å²) in [6, 6.07) is 4.08. The van der Waals surface area contributed by atoms with Crippen molar-refractivity contribution in [1.82, 2.24) is 19.5 Å². The van der Waals surface area contributed by atoms with Crippen LogP contribution in [0.3, 0.4) is 0 Å². The zero-order valence-electron chi connectivity index (χ0n) is 14.0. The Morgan fingerprint density at radius 3 is 2.56 bits per heavy atom. The van der Waals surface area contributed by atoms with Crippen molar-refractivity contribution in [2.75, 3.05) is 26.2 Å². The molecule has 2 heterocycles. The van der Waals surface area contributed by atoms with E-state index in [2.05, 4.69) is 10.3 Å². The Labute approximate surface area is 144 Å². The number of sulfonamides is 1. The molecule has 3 rings (SSSR count). The minimum absolute atomic E-state index is 0.0260. The Kier molecular flexibility index (Phi) is 4.56. The zero-order valence-corrected chi connectivity index (χ0v) is 14.8. The lowest BCUT2D eigenvalue weighted by Crippen LogP contribution is -2.53. The molecule has 2 amide bonds. The van der Waals surface area contributed by atoms with Crippen LogP contribution < -0.4 is 11.1 Å². The third-order valence-electron chi connectivity index (χ3n) is 3.97. The molecular weight excluding hydrogens is 348 g/mol. The van der Waals surface area contributed by atoms with Crippen LogP contribution in [0.15, 0.2) is 32.3 Å². The van der Waals surface area contributed by atoms with E-state index in [-0.39, 0.29) is 30.1 Å². The number of benzene rings is 1. The Hall–Kier alpha value is -2.33. The molecule has 0 atom stereocenters. The number of rotatable bonds is 3. The van der Waals surface area contributed by atoms with E-state index in [1.54, 1.807) is 4.90 Å². The highest BCUT2D eigenvalue weighted by atomic mass is 32.2. The molecule has 1 aliphatic heterocycles. The number of aromatic amines is 1. The van der Waals surface area contributed by atoms with Gasteiger partial charge in [-0.15, -0.1) is 0 Å². The van der Waals surface area contributed by atoms with Gasteiger partial charge in [-0.25, -0.2) is 18.0 Å². The van der Waals surface area contributed by atoms with Gasteiger partial charge in [0.05, 0.1) is 10.4 Å². The maximum atomic E-state index is 12.8. The smallest absolute Gasteiger partial charge is 0.408 e. The predicted octanol–water partition coefficient (Wildman–Crippen LogP) is 0.545. The summed E-state index contributed by atoms with van der Waals surface area (Å²) in [5.74, 6) is -0.630. The average molecular weight is 368 g/mol. The molecule has 1 aromatic heterocycles. The van der Waals surface area contributed by atoms with Crippen LogP contribution in [-0.2, 0) is 10.0 Å². The number of hydrogen-bond donors (Lipinski definition) is 2. The van der Waals surface area contributed by atoms with Crippen molar-refractivity contribution in [2.24, 2.45) is 0 Å². The normalized spacial score (nSPS) is 16.5. The molecule has 0 unspecified atom stereocenters. The number of hydrogen-bond acceptors (Lipinski definition) is 5. The van der Waals surface area contributed by atoms with E-state index < -0.39 is 15.8 Å². The highest BCUT2D eigenvalue weighted by Crippen LogP contribution is 2.21. The number of fused-ring (bicyclic) bond motifs is 1. The summed E-state index contributed by atoms with van der Waals surface area (Å²) in [7, 11) is -3.71. The lowest BCUT2D eigenvalue weighted by molar-refractivity contribution is 0.170. The van der Waals surface area contributed by atoms with Crippen LogP contribution in [0.4, 0.5) is 4.79 Å². The number of carbonyl (C=O) groups is 1. The number of aromatic nitrogens is 1. The Bertz CT molecular complexity index is 938. The molecule has 25 heavy (non-hydrogen) atoms. The number of oxazole rings is 1. The second kappa shape index (κ2) is 6.52. The van der Waals surface area contributed by atoms with Crippen molar-refractivity contribution < 1.29 is 17.6 Å². The SMILES string of the molecule is CC(C)NC(=O)N1CCN(S(=O)(=O)c2ccc3oc(=O)[nH]c3c2)CC1. The van der Waals surface area contributed by atoms with E-state index in [4.69, 9.17) is 4.42 Å². The number of carbonyl (C=O) groups excluding carboxylic acids is 1. The van der Waals surface area contributed by atoms with Crippen molar-refractivity contribution in [2.45, 2.75) is 24.8 Å². The molecule has 2 aromatic rings. The fourth-order valence-electron chi connectivity index (χ4n) is 2.71. The second-order valence-corrected chi connectivity index (χ2v) is 8.11. The van der Waals surface area contributed by atoms with Crippen molar-refractivity contribution in [3.05, 3.63) is 28.7 Å². The van der Waals surface area contributed by atoms with Gasteiger partial charge in [0, 0.05) is 32.2 Å². The van der Waals surface area contributed by atoms with Gasteiger partial charge >= 0.3 is 11.8 Å². The van der Waals surface area contributed by atoms with E-state index in [0.717, 1.165) is 0 Å². The van der Waals surface area contributed by atoms with Crippen molar-refractivity contribution >= 4 is 27.2 Å². The molecular formula is C15H20N4O5S. The van der Waals surface area contributed by atoms with Crippen LogP contribution in [0.25, 0.3) is 11.1 Å². The number of urea groups is 1. The summed E-state index contributed by atoms with van der Waals surface area (Å²) >= 11 is 0. The lowest BCUT2D eigenvalue weighted by atomic mass is 10.3. The third kappa shape index (κ3) is 3.54. The van der Waals surface area contributed by atoms with Gasteiger partial charge in [-0.2, -0.15) is 4.31 Å². The van der Waals surface area contributed by atoms with Crippen LogP contribution in [0.2, 0.25) is 0 Å². The maximum absolute atomic E-state index is 12.8. The van der Waals surface area contributed by atoms with Crippen molar-refractivity contribution in [3.8, 4) is 0 Å². The van der Waals surface area contributed by atoms with Gasteiger partial charge < -0.3 is 14.6 Å². The summed E-state index contributed by atoms with van der Waals surface area (Å²) in [6.07, 6.45) is 0. The zero-order chi connectivity index (χ0) is 18.2. The van der Waals surface area contributed by atoms with E-state index in [1.165, 1.54) is 22.5 Å². The number of piperazine rings is 1. The van der Waals surface area contributed by atoms with Crippen LogP contribution in [0.1, 0.15) is 13.8 Å². The summed E-state index contributed by atoms with van der Waals surface area (Å²) in [5.41, 5.74) is 0.639. The van der Waals surface area contributed by atoms with Gasteiger partial charge in [-0.3, -0.25) is 4.98 Å². The molecule has 0 saturated carbocycles. The molecule has 1 aliphatic rings. The second-order valence-electron chi connectivity index (χ2n) is 6.17. The largest absolute Gasteiger partial charge is 0.417 e. The first-order valence-electron chi connectivity index (χ1n) is 7.96. The van der Waals surface area contributed by atoms with Gasteiger partial charge in [0.15, 0.2) is 5.58 Å². The summed E-state index contributed by atoms with van der Waals surface area (Å²) in [6.45, 7) is 4.82. The highest BCUT2D eigenvalue weighted by molar-refractivity contribution is 7.89. The van der Waals surface area contributed by atoms with Gasteiger partial charge in [-0.05, 0) is 32.0 Å². The summed E-state index contributed by atoms with van der Waals surface area (Å²) in [4.78, 5) is 27.3. The van der Waals surface area contributed by atoms with E-state index >= 15 is 0 Å². The molecule has 9 nitrogen and oxygen atoms in total. The third-order valence-corrected chi connectivity index (χ3v) is 5.86. The molecule has 1 fully saturated rings. The number of nitrogens with one attached hydrogen (secondary N) is 2. The molecule has 0 bridgehead atoms. The van der Waals surface area contributed by atoms with Crippen LogP contribution in [0.5, 0.6) is 0 Å². The number of amides is 2. The van der Waals surface area contributed by atoms with E-state index in [1.807, 2.05) is 13.8 Å². The molecule has 0 radical (unpaired) electrons. The van der Waals surface area contributed by atoms with Crippen molar-refractivity contribution in [3.63, 3.8) is 0 Å². The Morgan fingerprint density at radius 1 is 1.24 bits per heavy atom. The Morgan fingerprint density at radius 2 is 1.92 bits per heavy atom. The Balaban J connectivity index is 1.74. The maximum Gasteiger partial charge on any atom is 0.417 e.